The Hall–Kier alpha value is -2.22. The van der Waals surface area contributed by atoms with Crippen LogP contribution in [0.4, 0.5) is 0 Å². The molecule has 0 bridgehead atoms. The van der Waals surface area contributed by atoms with E-state index in [0.29, 0.717) is 5.75 Å². The highest BCUT2D eigenvalue weighted by molar-refractivity contribution is 5.91. The highest BCUT2D eigenvalue weighted by Crippen LogP contribution is 2.34. The summed E-state index contributed by atoms with van der Waals surface area (Å²) in [4.78, 5) is 3.58. The van der Waals surface area contributed by atoms with E-state index in [1.54, 1.807) is 0 Å². The number of hydrogen-bond acceptors (Lipinski definition) is 1. The standard InChI is InChI=1S/C20H23NO/c1-4-5-8-17-16-9-6-7-10-18(16)21-19(17)15-11-13(2)20(22)14(3)12-15/h6-7,9-12,21-22H,4-5,8H2,1-3H3. The lowest BCUT2D eigenvalue weighted by Gasteiger charge is -2.09. The lowest BCUT2D eigenvalue weighted by atomic mass is 9.97. The molecule has 0 spiro atoms. The van der Waals surface area contributed by atoms with E-state index >= 15 is 0 Å². The zero-order valence-corrected chi connectivity index (χ0v) is 13.5. The first-order valence-electron chi connectivity index (χ1n) is 8.02. The molecule has 0 fully saturated rings. The van der Waals surface area contributed by atoms with Crippen molar-refractivity contribution in [1.29, 1.82) is 0 Å². The van der Waals surface area contributed by atoms with E-state index < -0.39 is 0 Å². The number of aromatic nitrogens is 1. The summed E-state index contributed by atoms with van der Waals surface area (Å²) in [5, 5.41) is 11.3. The van der Waals surface area contributed by atoms with Crippen LogP contribution in [0.3, 0.4) is 0 Å². The summed E-state index contributed by atoms with van der Waals surface area (Å²) in [7, 11) is 0. The lowest BCUT2D eigenvalue weighted by molar-refractivity contribution is 0.467. The van der Waals surface area contributed by atoms with E-state index in [1.807, 2.05) is 13.8 Å². The second-order valence-corrected chi connectivity index (χ2v) is 6.09. The molecule has 0 atom stereocenters. The number of aromatic amines is 1. The van der Waals surface area contributed by atoms with Crippen LogP contribution in [0.5, 0.6) is 5.75 Å². The van der Waals surface area contributed by atoms with Crippen LogP contribution in [0.1, 0.15) is 36.5 Å². The van der Waals surface area contributed by atoms with Crippen molar-refractivity contribution >= 4 is 10.9 Å². The molecule has 0 aliphatic heterocycles. The Kier molecular flexibility index (Phi) is 3.93. The second-order valence-electron chi connectivity index (χ2n) is 6.09. The Bertz CT molecular complexity index is 791. The van der Waals surface area contributed by atoms with Crippen LogP contribution in [0, 0.1) is 13.8 Å². The predicted molar refractivity (Wildman–Crippen MR) is 93.5 cm³/mol. The molecule has 3 aromatic rings. The smallest absolute Gasteiger partial charge is 0.121 e. The van der Waals surface area contributed by atoms with Crippen molar-refractivity contribution in [3.05, 3.63) is 53.1 Å². The van der Waals surface area contributed by atoms with Crippen molar-refractivity contribution in [2.24, 2.45) is 0 Å². The largest absolute Gasteiger partial charge is 0.507 e. The monoisotopic (exact) mass is 293 g/mol. The molecule has 2 N–H and O–H groups in total. The Balaban J connectivity index is 2.21. The molecule has 22 heavy (non-hydrogen) atoms. The molecule has 114 valence electrons. The summed E-state index contributed by atoms with van der Waals surface area (Å²) in [6.45, 7) is 6.14. The van der Waals surface area contributed by atoms with Crippen LogP contribution in [0.2, 0.25) is 0 Å². The number of phenolic OH excluding ortho intramolecular Hbond substituents is 1. The SMILES string of the molecule is CCCCc1c(-c2cc(C)c(O)c(C)c2)[nH]c2ccccc12. The number of para-hydroxylation sites is 1. The topological polar surface area (TPSA) is 36.0 Å². The van der Waals surface area contributed by atoms with Crippen molar-refractivity contribution in [1.82, 2.24) is 4.98 Å². The van der Waals surface area contributed by atoms with Gasteiger partial charge < -0.3 is 10.1 Å². The van der Waals surface area contributed by atoms with Crippen molar-refractivity contribution in [3.8, 4) is 17.0 Å². The number of H-pyrrole nitrogens is 1. The molecule has 0 aliphatic carbocycles. The number of hydrogen-bond donors (Lipinski definition) is 2. The van der Waals surface area contributed by atoms with Gasteiger partial charge in [0.25, 0.3) is 0 Å². The van der Waals surface area contributed by atoms with Gasteiger partial charge in [-0.05, 0) is 67.1 Å². The summed E-state index contributed by atoms with van der Waals surface area (Å²) in [5.74, 6) is 0.398. The van der Waals surface area contributed by atoms with Gasteiger partial charge in [-0.2, -0.15) is 0 Å². The molecule has 0 unspecified atom stereocenters. The fourth-order valence-electron chi connectivity index (χ4n) is 3.16. The van der Waals surface area contributed by atoms with Crippen LogP contribution in [-0.4, -0.2) is 10.1 Å². The van der Waals surface area contributed by atoms with Crippen LogP contribution >= 0.6 is 0 Å². The number of phenols is 1. The summed E-state index contributed by atoms with van der Waals surface area (Å²) in [5.41, 5.74) is 6.79. The fraction of sp³-hybridized carbons (Fsp3) is 0.300. The lowest BCUT2D eigenvalue weighted by Crippen LogP contribution is -1.90. The summed E-state index contributed by atoms with van der Waals surface area (Å²) < 4.78 is 0. The third kappa shape index (κ3) is 2.50. The zero-order valence-electron chi connectivity index (χ0n) is 13.5. The van der Waals surface area contributed by atoms with Gasteiger partial charge in [0.1, 0.15) is 5.75 Å². The molecule has 1 aromatic heterocycles. The molecular formula is C20H23NO. The van der Waals surface area contributed by atoms with Crippen molar-refractivity contribution in [2.75, 3.05) is 0 Å². The maximum Gasteiger partial charge on any atom is 0.121 e. The van der Waals surface area contributed by atoms with E-state index in [1.165, 1.54) is 35.0 Å². The van der Waals surface area contributed by atoms with Crippen LogP contribution in [0.25, 0.3) is 22.2 Å². The van der Waals surface area contributed by atoms with Crippen molar-refractivity contribution < 1.29 is 5.11 Å². The normalized spacial score (nSPS) is 11.2. The van der Waals surface area contributed by atoms with E-state index in [9.17, 15) is 5.11 Å². The summed E-state index contributed by atoms with van der Waals surface area (Å²) >= 11 is 0. The first-order valence-corrected chi connectivity index (χ1v) is 8.02. The minimum atomic E-state index is 0.398. The molecule has 0 amide bonds. The number of aromatic hydroxyl groups is 1. The van der Waals surface area contributed by atoms with Gasteiger partial charge in [0, 0.05) is 16.6 Å². The third-order valence-electron chi connectivity index (χ3n) is 4.37. The van der Waals surface area contributed by atoms with Gasteiger partial charge in [-0.1, -0.05) is 31.5 Å². The van der Waals surface area contributed by atoms with Crippen LogP contribution in [-0.2, 0) is 6.42 Å². The molecule has 0 saturated heterocycles. The molecule has 2 nitrogen and oxygen atoms in total. The number of nitrogens with one attached hydrogen (secondary N) is 1. The van der Waals surface area contributed by atoms with Gasteiger partial charge in [-0.25, -0.2) is 0 Å². The molecule has 0 radical (unpaired) electrons. The van der Waals surface area contributed by atoms with Gasteiger partial charge in [-0.3, -0.25) is 0 Å². The Morgan fingerprint density at radius 1 is 1.05 bits per heavy atom. The first-order chi connectivity index (χ1) is 10.6. The minimum absolute atomic E-state index is 0.398. The van der Waals surface area contributed by atoms with E-state index in [0.717, 1.165) is 23.1 Å². The highest BCUT2D eigenvalue weighted by atomic mass is 16.3. The predicted octanol–water partition coefficient (Wildman–Crippen LogP) is 5.50. The molecular weight excluding hydrogens is 270 g/mol. The van der Waals surface area contributed by atoms with E-state index in [2.05, 4.69) is 48.3 Å². The number of aryl methyl sites for hydroxylation is 3. The first kappa shape index (κ1) is 14.7. The Labute approximate surface area is 131 Å². The molecule has 2 heteroatoms. The van der Waals surface area contributed by atoms with Gasteiger partial charge in [0.2, 0.25) is 0 Å². The molecule has 0 aliphatic rings. The minimum Gasteiger partial charge on any atom is -0.507 e. The number of fused-ring (bicyclic) bond motifs is 1. The number of unbranched alkanes of at least 4 members (excludes halogenated alkanes) is 1. The van der Waals surface area contributed by atoms with Gasteiger partial charge in [0.15, 0.2) is 0 Å². The molecule has 1 heterocycles. The quantitative estimate of drug-likeness (QED) is 0.654. The van der Waals surface area contributed by atoms with Crippen molar-refractivity contribution in [2.45, 2.75) is 40.0 Å². The Morgan fingerprint density at radius 3 is 2.41 bits per heavy atom. The maximum atomic E-state index is 10.0. The molecule has 0 saturated carbocycles. The average molecular weight is 293 g/mol. The van der Waals surface area contributed by atoms with E-state index in [4.69, 9.17) is 0 Å². The number of rotatable bonds is 4. The second kappa shape index (κ2) is 5.88. The molecule has 2 aromatic carbocycles. The Morgan fingerprint density at radius 2 is 1.73 bits per heavy atom. The molecule has 3 rings (SSSR count). The van der Waals surface area contributed by atoms with Gasteiger partial charge >= 0.3 is 0 Å². The fourth-order valence-corrected chi connectivity index (χ4v) is 3.16. The third-order valence-corrected chi connectivity index (χ3v) is 4.37. The van der Waals surface area contributed by atoms with Crippen molar-refractivity contribution in [3.63, 3.8) is 0 Å². The van der Waals surface area contributed by atoms with Crippen LogP contribution < -0.4 is 0 Å². The van der Waals surface area contributed by atoms with Crippen LogP contribution in [0.15, 0.2) is 36.4 Å². The summed E-state index contributed by atoms with van der Waals surface area (Å²) in [6, 6.07) is 12.6. The number of benzene rings is 2. The summed E-state index contributed by atoms with van der Waals surface area (Å²) in [6.07, 6.45) is 3.45. The van der Waals surface area contributed by atoms with Gasteiger partial charge in [0.05, 0.1) is 0 Å². The highest BCUT2D eigenvalue weighted by Gasteiger charge is 2.14. The van der Waals surface area contributed by atoms with E-state index in [-0.39, 0.29) is 0 Å². The maximum absolute atomic E-state index is 10.0. The zero-order chi connectivity index (χ0) is 15.7. The average Bonchev–Trinajstić information content (AvgIpc) is 2.88. The van der Waals surface area contributed by atoms with Gasteiger partial charge in [-0.15, -0.1) is 0 Å².